The van der Waals surface area contributed by atoms with Gasteiger partial charge < -0.3 is 24.3 Å². The first kappa shape index (κ1) is 20.2. The van der Waals surface area contributed by atoms with Crippen LogP contribution in [0.15, 0.2) is 69.6 Å². The fraction of sp³-hybridized carbons (Fsp3) is 0.174. The number of nitrogens with zero attached hydrogens (tertiary/aromatic N) is 1. The van der Waals surface area contributed by atoms with Crippen LogP contribution >= 0.6 is 0 Å². The molecular weight excluding hydrogens is 398 g/mol. The number of para-hydroxylation sites is 1. The van der Waals surface area contributed by atoms with Crippen LogP contribution in [0.1, 0.15) is 29.2 Å². The molecular formula is C23H21N3O5. The van der Waals surface area contributed by atoms with E-state index in [1.807, 2.05) is 54.6 Å². The van der Waals surface area contributed by atoms with Crippen LogP contribution in [0, 0.1) is 0 Å². The van der Waals surface area contributed by atoms with Crippen LogP contribution in [0.4, 0.5) is 0 Å². The maximum Gasteiger partial charge on any atom is 0.273 e. The molecule has 1 atom stereocenters. The number of nitrogens with one attached hydrogen (secondary N) is 2. The Morgan fingerprint density at radius 2 is 1.90 bits per heavy atom. The average Bonchev–Trinajstić information content (AvgIpc) is 3.45. The van der Waals surface area contributed by atoms with Crippen LogP contribution in [0.2, 0.25) is 0 Å². The first-order valence-electron chi connectivity index (χ1n) is 9.71. The predicted molar refractivity (Wildman–Crippen MR) is 114 cm³/mol. The van der Waals surface area contributed by atoms with Crippen molar-refractivity contribution in [3.8, 4) is 17.1 Å². The third kappa shape index (κ3) is 4.42. The van der Waals surface area contributed by atoms with Crippen molar-refractivity contribution in [2.45, 2.75) is 13.0 Å². The quantitative estimate of drug-likeness (QED) is 0.473. The van der Waals surface area contributed by atoms with Crippen LogP contribution in [-0.2, 0) is 4.79 Å². The van der Waals surface area contributed by atoms with Gasteiger partial charge in [0, 0.05) is 17.0 Å². The molecule has 2 aromatic heterocycles. The fourth-order valence-corrected chi connectivity index (χ4v) is 3.17. The lowest BCUT2D eigenvalue weighted by Gasteiger charge is -2.11. The van der Waals surface area contributed by atoms with E-state index in [1.54, 1.807) is 14.0 Å². The minimum absolute atomic E-state index is 0.101. The van der Waals surface area contributed by atoms with Crippen molar-refractivity contribution < 1.29 is 23.3 Å². The van der Waals surface area contributed by atoms with Crippen LogP contribution in [0.3, 0.4) is 0 Å². The van der Waals surface area contributed by atoms with Gasteiger partial charge >= 0.3 is 0 Å². The van der Waals surface area contributed by atoms with Gasteiger partial charge in [-0.05, 0) is 19.1 Å². The molecule has 1 unspecified atom stereocenters. The molecule has 0 spiro atoms. The molecule has 4 rings (SSSR count). The minimum Gasteiger partial charge on any atom is -0.493 e. The van der Waals surface area contributed by atoms with Crippen molar-refractivity contribution in [2.24, 2.45) is 0 Å². The minimum atomic E-state index is -0.498. The number of hydrogen-bond acceptors (Lipinski definition) is 6. The lowest BCUT2D eigenvalue weighted by molar-refractivity contribution is -0.120. The number of ether oxygens (including phenoxy) is 1. The highest BCUT2D eigenvalue weighted by Gasteiger charge is 2.18. The number of aromatic nitrogens is 1. The van der Waals surface area contributed by atoms with Gasteiger partial charge in [0.05, 0.1) is 19.7 Å². The number of fused-ring (bicyclic) bond motifs is 1. The van der Waals surface area contributed by atoms with E-state index in [-0.39, 0.29) is 18.1 Å². The second-order valence-electron chi connectivity index (χ2n) is 6.94. The number of methoxy groups -OCH3 is 1. The zero-order chi connectivity index (χ0) is 21.8. The van der Waals surface area contributed by atoms with E-state index in [1.165, 1.54) is 6.07 Å². The molecule has 8 nitrogen and oxygen atoms in total. The highest BCUT2D eigenvalue weighted by Crippen LogP contribution is 2.30. The molecule has 0 bridgehead atoms. The number of carbonyl (C=O) groups excluding carboxylic acids is 2. The highest BCUT2D eigenvalue weighted by atomic mass is 16.5. The molecule has 0 saturated carbocycles. The molecule has 2 N–H and O–H groups in total. The van der Waals surface area contributed by atoms with Crippen molar-refractivity contribution >= 4 is 22.8 Å². The Bertz CT molecular complexity index is 1210. The van der Waals surface area contributed by atoms with Gasteiger partial charge in [0.15, 0.2) is 22.8 Å². The Hall–Kier alpha value is -4.07. The lowest BCUT2D eigenvalue weighted by Crippen LogP contribution is -2.38. The summed E-state index contributed by atoms with van der Waals surface area (Å²) in [4.78, 5) is 24.6. The maximum absolute atomic E-state index is 12.3. The van der Waals surface area contributed by atoms with E-state index in [0.717, 1.165) is 10.9 Å². The van der Waals surface area contributed by atoms with E-state index in [4.69, 9.17) is 13.7 Å². The number of rotatable bonds is 7. The van der Waals surface area contributed by atoms with E-state index in [0.29, 0.717) is 22.9 Å². The molecule has 2 amide bonds. The Morgan fingerprint density at radius 1 is 1.10 bits per heavy atom. The second kappa shape index (κ2) is 8.74. The monoisotopic (exact) mass is 419 g/mol. The van der Waals surface area contributed by atoms with Gasteiger partial charge in [-0.2, -0.15) is 0 Å². The Balaban J connectivity index is 1.34. The molecule has 2 aromatic carbocycles. The van der Waals surface area contributed by atoms with Crippen LogP contribution in [0.25, 0.3) is 22.3 Å². The number of amides is 2. The fourth-order valence-electron chi connectivity index (χ4n) is 3.17. The Morgan fingerprint density at radius 3 is 2.68 bits per heavy atom. The van der Waals surface area contributed by atoms with Crippen molar-refractivity contribution in [3.05, 3.63) is 72.1 Å². The summed E-state index contributed by atoms with van der Waals surface area (Å²) in [6.07, 6.45) is 0. The third-order valence-corrected chi connectivity index (χ3v) is 4.76. The number of benzene rings is 2. The lowest BCUT2D eigenvalue weighted by atomic mass is 10.1. The molecule has 4 aromatic rings. The summed E-state index contributed by atoms with van der Waals surface area (Å²) in [5, 5.41) is 9.99. The predicted octanol–water partition coefficient (Wildman–Crippen LogP) is 3.70. The number of hydrogen-bond donors (Lipinski definition) is 2. The molecule has 0 aliphatic heterocycles. The first-order valence-corrected chi connectivity index (χ1v) is 9.71. The van der Waals surface area contributed by atoms with Crippen LogP contribution < -0.4 is 15.4 Å². The standard InChI is InChI=1S/C23H21N3O5/c1-14(19-11-16-9-6-10-18(29-2)22(16)30-19)25-21(27)13-24-23(28)17-12-20(31-26-17)15-7-4-3-5-8-15/h3-12,14H,13H2,1-2H3,(H,24,28)(H,25,27). The number of furan rings is 1. The van der Waals surface area contributed by atoms with Crippen LogP contribution in [-0.4, -0.2) is 30.6 Å². The molecule has 0 aliphatic rings. The molecule has 0 fully saturated rings. The summed E-state index contributed by atoms with van der Waals surface area (Å²) in [5.41, 5.74) is 1.53. The SMILES string of the molecule is COc1cccc2cc(C(C)NC(=O)CNC(=O)c3cc(-c4ccccc4)on3)oc12. The van der Waals surface area contributed by atoms with E-state index in [2.05, 4.69) is 15.8 Å². The average molecular weight is 419 g/mol. The van der Waals surface area contributed by atoms with Gasteiger partial charge in [0.2, 0.25) is 5.91 Å². The van der Waals surface area contributed by atoms with Gasteiger partial charge in [-0.15, -0.1) is 0 Å². The van der Waals surface area contributed by atoms with E-state index >= 15 is 0 Å². The zero-order valence-electron chi connectivity index (χ0n) is 17.0. The summed E-state index contributed by atoms with van der Waals surface area (Å²) in [6.45, 7) is 1.59. The Kier molecular flexibility index (Phi) is 5.70. The molecule has 0 radical (unpaired) electrons. The first-order chi connectivity index (χ1) is 15.0. The van der Waals surface area contributed by atoms with Gasteiger partial charge in [0.25, 0.3) is 5.91 Å². The van der Waals surface area contributed by atoms with Gasteiger partial charge in [-0.1, -0.05) is 47.6 Å². The molecule has 31 heavy (non-hydrogen) atoms. The molecule has 158 valence electrons. The maximum atomic E-state index is 12.3. The van der Waals surface area contributed by atoms with Gasteiger partial charge in [0.1, 0.15) is 5.76 Å². The Labute approximate surface area is 178 Å². The number of carbonyl (C=O) groups is 2. The second-order valence-corrected chi connectivity index (χ2v) is 6.94. The topological polar surface area (TPSA) is 107 Å². The summed E-state index contributed by atoms with van der Waals surface area (Å²) >= 11 is 0. The summed E-state index contributed by atoms with van der Waals surface area (Å²) < 4.78 is 16.4. The summed E-state index contributed by atoms with van der Waals surface area (Å²) in [5.74, 6) is 0.826. The van der Waals surface area contributed by atoms with Gasteiger partial charge in [-0.3, -0.25) is 9.59 Å². The third-order valence-electron chi connectivity index (χ3n) is 4.76. The van der Waals surface area contributed by atoms with Crippen molar-refractivity contribution in [1.82, 2.24) is 15.8 Å². The van der Waals surface area contributed by atoms with Crippen molar-refractivity contribution in [1.29, 1.82) is 0 Å². The van der Waals surface area contributed by atoms with Gasteiger partial charge in [-0.25, -0.2) is 0 Å². The largest absolute Gasteiger partial charge is 0.493 e. The van der Waals surface area contributed by atoms with E-state index < -0.39 is 11.9 Å². The smallest absolute Gasteiger partial charge is 0.273 e. The molecule has 8 heteroatoms. The molecule has 0 aliphatic carbocycles. The van der Waals surface area contributed by atoms with E-state index in [9.17, 15) is 9.59 Å². The van der Waals surface area contributed by atoms with Crippen molar-refractivity contribution in [3.63, 3.8) is 0 Å². The normalized spacial score (nSPS) is 11.8. The molecule has 0 saturated heterocycles. The van der Waals surface area contributed by atoms with Crippen LogP contribution in [0.5, 0.6) is 5.75 Å². The summed E-state index contributed by atoms with van der Waals surface area (Å²) in [6, 6.07) is 17.9. The highest BCUT2D eigenvalue weighted by molar-refractivity contribution is 5.95. The summed E-state index contributed by atoms with van der Waals surface area (Å²) in [7, 11) is 1.57. The zero-order valence-corrected chi connectivity index (χ0v) is 17.0. The van der Waals surface area contributed by atoms with Crippen molar-refractivity contribution in [2.75, 3.05) is 13.7 Å². The molecule has 2 heterocycles.